The fourth-order valence-electron chi connectivity index (χ4n) is 4.08. The number of hydrogen-bond donors (Lipinski definition) is 0. The number of imide groups is 1. The lowest BCUT2D eigenvalue weighted by Gasteiger charge is -2.35. The molecular weight excluding hydrogens is 471 g/mol. The van der Waals surface area contributed by atoms with Crippen molar-refractivity contribution in [3.8, 4) is 0 Å². The molecule has 1 unspecified atom stereocenters. The number of alkyl halides is 3. The van der Waals surface area contributed by atoms with E-state index in [0.717, 1.165) is 34.1 Å². The molecule has 7 nitrogen and oxygen atoms in total. The highest BCUT2D eigenvalue weighted by Gasteiger charge is 2.44. The zero-order valence-corrected chi connectivity index (χ0v) is 18.8. The van der Waals surface area contributed by atoms with Gasteiger partial charge in [-0.05, 0) is 29.8 Å². The van der Waals surface area contributed by atoms with Crippen LogP contribution in [0.3, 0.4) is 0 Å². The van der Waals surface area contributed by atoms with Gasteiger partial charge < -0.3 is 0 Å². The molecule has 0 saturated carbocycles. The summed E-state index contributed by atoms with van der Waals surface area (Å²) >= 11 is 0. The Bertz CT molecular complexity index is 1210. The van der Waals surface area contributed by atoms with Crippen LogP contribution in [0.15, 0.2) is 60.0 Å². The molecular formula is C23H22F3N3O4S. The number of carbonyl (C=O) groups is 2. The molecule has 0 radical (unpaired) electrons. The number of rotatable bonds is 5. The van der Waals surface area contributed by atoms with E-state index in [4.69, 9.17) is 0 Å². The molecule has 0 N–H and O–H groups in total. The summed E-state index contributed by atoms with van der Waals surface area (Å²) in [5.74, 6) is -1.19. The van der Waals surface area contributed by atoms with Crippen LogP contribution in [0.5, 0.6) is 0 Å². The molecule has 180 valence electrons. The maximum Gasteiger partial charge on any atom is 0.416 e. The molecule has 0 aliphatic carbocycles. The van der Waals surface area contributed by atoms with E-state index in [1.165, 1.54) is 16.4 Å². The zero-order valence-electron chi connectivity index (χ0n) is 18.0. The second-order valence-electron chi connectivity index (χ2n) is 8.03. The van der Waals surface area contributed by atoms with Gasteiger partial charge in [0.25, 0.3) is 5.91 Å². The molecule has 2 aliphatic rings. The van der Waals surface area contributed by atoms with Gasteiger partial charge in [0.1, 0.15) is 0 Å². The number of hydrogen-bond acceptors (Lipinski definition) is 5. The highest BCUT2D eigenvalue weighted by molar-refractivity contribution is 7.92. The number of benzene rings is 2. The number of halogens is 3. The van der Waals surface area contributed by atoms with Crippen molar-refractivity contribution in [3.05, 3.63) is 71.1 Å². The topological polar surface area (TPSA) is 78.0 Å². The Hall–Kier alpha value is -3.02. The Kier molecular flexibility index (Phi) is 6.61. The Labute approximate surface area is 195 Å². The van der Waals surface area contributed by atoms with Gasteiger partial charge in [-0.2, -0.15) is 17.5 Å². The molecule has 2 fully saturated rings. The molecule has 11 heteroatoms. The maximum absolute atomic E-state index is 13.0. The van der Waals surface area contributed by atoms with Crippen molar-refractivity contribution in [2.45, 2.75) is 18.6 Å². The van der Waals surface area contributed by atoms with E-state index in [-0.39, 0.29) is 38.3 Å². The minimum Gasteiger partial charge on any atom is -0.289 e. The molecule has 2 aliphatic heterocycles. The van der Waals surface area contributed by atoms with Crippen LogP contribution in [0, 0.1) is 0 Å². The van der Waals surface area contributed by atoms with Gasteiger partial charge in [-0.3, -0.25) is 14.5 Å². The molecule has 0 spiro atoms. The van der Waals surface area contributed by atoms with Gasteiger partial charge in [-0.1, -0.05) is 36.4 Å². The SMILES string of the molecule is O=C1CC(N2CCN(S(=O)(=O)C=Cc3ccccc3)CC2)C(=O)N1c1cccc(C(F)(F)F)c1. The molecule has 34 heavy (non-hydrogen) atoms. The highest BCUT2D eigenvalue weighted by Crippen LogP contribution is 2.33. The maximum atomic E-state index is 13.0. The van der Waals surface area contributed by atoms with Gasteiger partial charge >= 0.3 is 6.18 Å². The number of anilines is 1. The van der Waals surface area contributed by atoms with Crippen molar-refractivity contribution in [1.29, 1.82) is 0 Å². The predicted molar refractivity (Wildman–Crippen MR) is 120 cm³/mol. The third kappa shape index (κ3) is 5.06. The van der Waals surface area contributed by atoms with Crippen LogP contribution in [0.2, 0.25) is 0 Å². The molecule has 1 atom stereocenters. The summed E-state index contributed by atoms with van der Waals surface area (Å²) in [4.78, 5) is 28.0. The van der Waals surface area contributed by atoms with Crippen LogP contribution in [0.25, 0.3) is 6.08 Å². The monoisotopic (exact) mass is 493 g/mol. The summed E-state index contributed by atoms with van der Waals surface area (Å²) < 4.78 is 65.7. The van der Waals surface area contributed by atoms with Gasteiger partial charge in [0, 0.05) is 31.6 Å². The number of piperazine rings is 1. The first kappa shape index (κ1) is 24.1. The molecule has 2 heterocycles. The Morgan fingerprint density at radius 3 is 2.24 bits per heavy atom. The van der Waals surface area contributed by atoms with E-state index in [0.29, 0.717) is 0 Å². The third-order valence-corrected chi connectivity index (χ3v) is 7.43. The normalized spacial score (nSPS) is 21.0. The minimum atomic E-state index is -4.60. The van der Waals surface area contributed by atoms with Crippen molar-refractivity contribution in [3.63, 3.8) is 0 Å². The first-order valence-electron chi connectivity index (χ1n) is 10.6. The molecule has 4 rings (SSSR count). The lowest BCUT2D eigenvalue weighted by atomic mass is 10.1. The average molecular weight is 494 g/mol. The number of amides is 2. The summed E-state index contributed by atoms with van der Waals surface area (Å²) in [6, 6.07) is 12.2. The van der Waals surface area contributed by atoms with Gasteiger partial charge in [-0.25, -0.2) is 13.3 Å². The summed E-state index contributed by atoms with van der Waals surface area (Å²) in [5.41, 5.74) is -0.328. The molecule has 2 saturated heterocycles. The van der Waals surface area contributed by atoms with E-state index in [1.54, 1.807) is 29.2 Å². The lowest BCUT2D eigenvalue weighted by molar-refractivity contribution is -0.137. The largest absolute Gasteiger partial charge is 0.416 e. The second kappa shape index (κ2) is 9.32. The molecule has 2 aromatic carbocycles. The smallest absolute Gasteiger partial charge is 0.289 e. The molecule has 2 amide bonds. The van der Waals surface area contributed by atoms with Crippen molar-refractivity contribution < 1.29 is 31.2 Å². The number of nitrogens with zero attached hydrogens (tertiary/aromatic N) is 3. The Morgan fingerprint density at radius 1 is 0.912 bits per heavy atom. The van der Waals surface area contributed by atoms with Crippen LogP contribution in [0.1, 0.15) is 17.5 Å². The average Bonchev–Trinajstić information content (AvgIpc) is 3.12. The third-order valence-electron chi connectivity index (χ3n) is 5.86. The number of carbonyl (C=O) groups excluding carboxylic acids is 2. The van der Waals surface area contributed by atoms with Crippen LogP contribution in [-0.4, -0.2) is 61.7 Å². The quantitative estimate of drug-likeness (QED) is 0.599. The van der Waals surface area contributed by atoms with Crippen molar-refractivity contribution in [1.82, 2.24) is 9.21 Å². The second-order valence-corrected chi connectivity index (χ2v) is 9.85. The fourth-order valence-corrected chi connectivity index (χ4v) is 5.25. The van der Waals surface area contributed by atoms with Gasteiger partial charge in [0.15, 0.2) is 0 Å². The van der Waals surface area contributed by atoms with Gasteiger partial charge in [-0.15, -0.1) is 0 Å². The number of sulfonamides is 1. The molecule has 2 aromatic rings. The van der Waals surface area contributed by atoms with E-state index < -0.39 is 39.6 Å². The zero-order chi connectivity index (χ0) is 24.5. The standard InChI is InChI=1S/C23H22F3N3O4S/c24-23(25,26)18-7-4-8-19(15-18)29-21(30)16-20(22(29)31)27-10-12-28(13-11-27)34(32,33)14-9-17-5-2-1-3-6-17/h1-9,14-15,20H,10-13,16H2. The van der Waals surface area contributed by atoms with Crippen molar-refractivity contribution in [2.75, 3.05) is 31.1 Å². The van der Waals surface area contributed by atoms with Crippen molar-refractivity contribution >= 4 is 33.6 Å². The Morgan fingerprint density at radius 2 is 1.59 bits per heavy atom. The van der Waals surface area contributed by atoms with Gasteiger partial charge in [0.05, 0.1) is 23.7 Å². The van der Waals surface area contributed by atoms with Crippen LogP contribution in [0.4, 0.5) is 18.9 Å². The van der Waals surface area contributed by atoms with Crippen LogP contribution >= 0.6 is 0 Å². The highest BCUT2D eigenvalue weighted by atomic mass is 32.2. The summed E-state index contributed by atoms with van der Waals surface area (Å²) in [5, 5.41) is 1.14. The van der Waals surface area contributed by atoms with E-state index in [1.807, 2.05) is 6.07 Å². The van der Waals surface area contributed by atoms with Crippen LogP contribution < -0.4 is 4.90 Å². The van der Waals surface area contributed by atoms with E-state index >= 15 is 0 Å². The van der Waals surface area contributed by atoms with Gasteiger partial charge in [0.2, 0.25) is 15.9 Å². The van der Waals surface area contributed by atoms with E-state index in [9.17, 15) is 31.2 Å². The van der Waals surface area contributed by atoms with Crippen molar-refractivity contribution in [2.24, 2.45) is 0 Å². The lowest BCUT2D eigenvalue weighted by Crippen LogP contribution is -2.53. The summed E-state index contributed by atoms with van der Waals surface area (Å²) in [6.45, 7) is 0.697. The minimum absolute atomic E-state index is 0.125. The van der Waals surface area contributed by atoms with Crippen LogP contribution in [-0.2, 0) is 25.8 Å². The first-order chi connectivity index (χ1) is 16.1. The first-order valence-corrected chi connectivity index (χ1v) is 12.1. The molecule has 0 bridgehead atoms. The Balaban J connectivity index is 1.42. The fraction of sp³-hybridized carbons (Fsp3) is 0.304. The molecule has 0 aromatic heterocycles. The predicted octanol–water partition coefficient (Wildman–Crippen LogP) is 2.96. The summed E-state index contributed by atoms with van der Waals surface area (Å²) in [7, 11) is -3.67. The summed E-state index contributed by atoms with van der Waals surface area (Å²) in [6.07, 6.45) is -3.26. The van der Waals surface area contributed by atoms with E-state index in [2.05, 4.69) is 0 Å².